The molecule has 1 aromatic heterocycles. The average Bonchev–Trinajstić information content (AvgIpc) is 2.45. The van der Waals surface area contributed by atoms with Gasteiger partial charge in [0.1, 0.15) is 5.15 Å². The number of hydrogen-bond acceptors (Lipinski definition) is 3. The second-order valence-corrected chi connectivity index (χ2v) is 4.93. The number of benzene rings is 1. The minimum absolute atomic E-state index is 0.0156. The first kappa shape index (κ1) is 14.8. The van der Waals surface area contributed by atoms with Gasteiger partial charge in [0.15, 0.2) is 0 Å². The van der Waals surface area contributed by atoms with E-state index in [1.54, 1.807) is 13.2 Å². The van der Waals surface area contributed by atoms with Crippen molar-refractivity contribution in [2.24, 2.45) is 0 Å². The molecule has 0 radical (unpaired) electrons. The number of methoxy groups -OCH3 is 1. The number of para-hydroxylation sites is 1. The van der Waals surface area contributed by atoms with Crippen LogP contribution in [0.1, 0.15) is 23.7 Å². The van der Waals surface area contributed by atoms with Crippen LogP contribution in [0.4, 0.5) is 0 Å². The lowest BCUT2D eigenvalue weighted by Gasteiger charge is -2.16. The smallest absolute Gasteiger partial charge is 0.252 e. The Hall–Kier alpha value is -1.65. The highest BCUT2D eigenvalue weighted by Gasteiger charge is 2.15. The molecule has 0 aliphatic rings. The summed E-state index contributed by atoms with van der Waals surface area (Å²) in [6.45, 7) is 2.49. The molecule has 0 fully saturated rings. The molecule has 4 nitrogen and oxygen atoms in total. The van der Waals surface area contributed by atoms with Crippen molar-refractivity contribution < 1.29 is 9.53 Å². The Balaban J connectivity index is 2.34. The Morgan fingerprint density at radius 3 is 2.90 bits per heavy atom. The molecule has 106 valence electrons. The second kappa shape index (κ2) is 6.68. The van der Waals surface area contributed by atoms with E-state index in [0.717, 1.165) is 11.8 Å². The van der Waals surface area contributed by atoms with Gasteiger partial charge in [-0.1, -0.05) is 36.7 Å². The van der Waals surface area contributed by atoms with Crippen LogP contribution in [0.25, 0.3) is 10.9 Å². The summed E-state index contributed by atoms with van der Waals surface area (Å²) >= 11 is 5.98. The molecule has 0 saturated carbocycles. The van der Waals surface area contributed by atoms with Crippen LogP contribution in [0, 0.1) is 0 Å². The van der Waals surface area contributed by atoms with E-state index in [2.05, 4.69) is 10.3 Å². The van der Waals surface area contributed by atoms with Gasteiger partial charge in [0, 0.05) is 12.5 Å². The van der Waals surface area contributed by atoms with Crippen LogP contribution < -0.4 is 5.32 Å². The zero-order valence-electron chi connectivity index (χ0n) is 11.5. The fraction of sp³-hybridized carbons (Fsp3) is 0.333. The van der Waals surface area contributed by atoms with Crippen molar-refractivity contribution in [3.05, 3.63) is 41.0 Å². The Morgan fingerprint density at radius 2 is 2.20 bits per heavy atom. The van der Waals surface area contributed by atoms with Crippen molar-refractivity contribution in [1.82, 2.24) is 10.3 Å². The van der Waals surface area contributed by atoms with E-state index >= 15 is 0 Å². The van der Waals surface area contributed by atoms with Crippen molar-refractivity contribution >= 4 is 28.4 Å². The van der Waals surface area contributed by atoms with E-state index in [0.29, 0.717) is 22.8 Å². The number of ether oxygens (including phenoxy) is 1. The Kier molecular flexibility index (Phi) is 4.93. The Bertz CT molecular complexity index is 616. The quantitative estimate of drug-likeness (QED) is 0.862. The zero-order valence-corrected chi connectivity index (χ0v) is 12.3. The van der Waals surface area contributed by atoms with Crippen LogP contribution in [0.2, 0.25) is 5.15 Å². The van der Waals surface area contributed by atoms with E-state index in [9.17, 15) is 4.79 Å². The van der Waals surface area contributed by atoms with Gasteiger partial charge in [-0.3, -0.25) is 4.79 Å². The predicted octanol–water partition coefficient (Wildman–Crippen LogP) is 3.04. The molecule has 0 aliphatic carbocycles. The van der Waals surface area contributed by atoms with Crippen LogP contribution in [0.3, 0.4) is 0 Å². The standard InChI is InChI=1S/C15H17ClN2O2/c1-3-10(9-20-2)17-15(19)12-8-14(16)18-13-7-5-4-6-11(12)13/h4-8,10H,3,9H2,1-2H3,(H,17,19). The minimum atomic E-state index is -0.158. The largest absolute Gasteiger partial charge is 0.383 e. The molecule has 2 aromatic rings. The van der Waals surface area contributed by atoms with E-state index in [1.165, 1.54) is 0 Å². The highest BCUT2D eigenvalue weighted by Crippen LogP contribution is 2.20. The van der Waals surface area contributed by atoms with E-state index in [4.69, 9.17) is 16.3 Å². The number of halogens is 1. The Morgan fingerprint density at radius 1 is 1.45 bits per heavy atom. The lowest BCUT2D eigenvalue weighted by atomic mass is 10.1. The summed E-state index contributed by atoms with van der Waals surface area (Å²) in [4.78, 5) is 16.6. The maximum Gasteiger partial charge on any atom is 0.252 e. The summed E-state index contributed by atoms with van der Waals surface area (Å²) in [6.07, 6.45) is 0.802. The summed E-state index contributed by atoms with van der Waals surface area (Å²) in [5, 5.41) is 4.06. The third kappa shape index (κ3) is 3.26. The lowest BCUT2D eigenvalue weighted by Crippen LogP contribution is -2.37. The average molecular weight is 293 g/mol. The summed E-state index contributed by atoms with van der Waals surface area (Å²) < 4.78 is 5.09. The molecule has 0 bridgehead atoms. The van der Waals surface area contributed by atoms with Crippen LogP contribution in [-0.4, -0.2) is 30.6 Å². The van der Waals surface area contributed by atoms with Crippen LogP contribution in [0.15, 0.2) is 30.3 Å². The molecular weight excluding hydrogens is 276 g/mol. The number of pyridine rings is 1. The highest BCUT2D eigenvalue weighted by atomic mass is 35.5. The third-order valence-electron chi connectivity index (χ3n) is 3.13. The molecule has 0 saturated heterocycles. The highest BCUT2D eigenvalue weighted by molar-refractivity contribution is 6.30. The number of fused-ring (bicyclic) bond motifs is 1. The molecule has 2 rings (SSSR count). The van der Waals surface area contributed by atoms with Crippen molar-refractivity contribution in [2.45, 2.75) is 19.4 Å². The molecule has 5 heteroatoms. The van der Waals surface area contributed by atoms with Gasteiger partial charge in [-0.2, -0.15) is 0 Å². The van der Waals surface area contributed by atoms with Crippen LogP contribution in [-0.2, 0) is 4.74 Å². The topological polar surface area (TPSA) is 51.2 Å². The molecule has 1 atom stereocenters. The van der Waals surface area contributed by atoms with Gasteiger partial charge >= 0.3 is 0 Å². The first-order chi connectivity index (χ1) is 9.65. The zero-order chi connectivity index (χ0) is 14.5. The molecular formula is C15H17ClN2O2. The fourth-order valence-electron chi connectivity index (χ4n) is 2.06. The van der Waals surface area contributed by atoms with E-state index in [-0.39, 0.29) is 11.9 Å². The number of aromatic nitrogens is 1. The lowest BCUT2D eigenvalue weighted by molar-refractivity contribution is 0.0896. The van der Waals surface area contributed by atoms with Crippen LogP contribution in [0.5, 0.6) is 0 Å². The summed E-state index contributed by atoms with van der Waals surface area (Å²) in [5.41, 5.74) is 1.25. The SMILES string of the molecule is CCC(COC)NC(=O)c1cc(Cl)nc2ccccc12. The van der Waals surface area contributed by atoms with E-state index < -0.39 is 0 Å². The Labute approximate surface area is 123 Å². The molecule has 0 spiro atoms. The normalized spacial score (nSPS) is 12.3. The number of nitrogens with one attached hydrogen (secondary N) is 1. The predicted molar refractivity (Wildman–Crippen MR) is 80.2 cm³/mol. The van der Waals surface area contributed by atoms with Crippen LogP contribution >= 0.6 is 11.6 Å². The first-order valence-corrected chi connectivity index (χ1v) is 6.88. The second-order valence-electron chi connectivity index (χ2n) is 4.54. The van der Waals surface area contributed by atoms with Gasteiger partial charge in [0.2, 0.25) is 0 Å². The minimum Gasteiger partial charge on any atom is -0.383 e. The number of hydrogen-bond donors (Lipinski definition) is 1. The van der Waals surface area contributed by atoms with Gasteiger partial charge < -0.3 is 10.1 Å². The maximum absolute atomic E-state index is 12.4. The van der Waals surface area contributed by atoms with Gasteiger partial charge in [-0.05, 0) is 18.6 Å². The van der Waals surface area contributed by atoms with Crippen molar-refractivity contribution in [3.63, 3.8) is 0 Å². The molecule has 1 N–H and O–H groups in total. The fourth-order valence-corrected chi connectivity index (χ4v) is 2.26. The molecule has 1 unspecified atom stereocenters. The summed E-state index contributed by atoms with van der Waals surface area (Å²) in [6, 6.07) is 9.03. The number of nitrogens with zero attached hydrogens (tertiary/aromatic N) is 1. The number of carbonyl (C=O) groups excluding carboxylic acids is 1. The molecule has 0 aliphatic heterocycles. The van der Waals surface area contributed by atoms with Crippen molar-refractivity contribution in [3.8, 4) is 0 Å². The molecule has 20 heavy (non-hydrogen) atoms. The van der Waals surface area contributed by atoms with Gasteiger partial charge in [0.05, 0.1) is 23.7 Å². The van der Waals surface area contributed by atoms with Crippen molar-refractivity contribution in [2.75, 3.05) is 13.7 Å². The van der Waals surface area contributed by atoms with Gasteiger partial charge in [0.25, 0.3) is 5.91 Å². The summed E-state index contributed by atoms with van der Waals surface area (Å²) in [5.74, 6) is -0.158. The number of rotatable bonds is 5. The molecule has 1 amide bonds. The number of amides is 1. The molecule has 1 heterocycles. The van der Waals surface area contributed by atoms with Gasteiger partial charge in [-0.15, -0.1) is 0 Å². The van der Waals surface area contributed by atoms with Crippen molar-refractivity contribution in [1.29, 1.82) is 0 Å². The number of carbonyl (C=O) groups is 1. The van der Waals surface area contributed by atoms with Gasteiger partial charge in [-0.25, -0.2) is 4.98 Å². The summed E-state index contributed by atoms with van der Waals surface area (Å²) in [7, 11) is 1.62. The molecule has 1 aromatic carbocycles. The monoisotopic (exact) mass is 292 g/mol. The van der Waals surface area contributed by atoms with E-state index in [1.807, 2.05) is 31.2 Å². The first-order valence-electron chi connectivity index (χ1n) is 6.50. The maximum atomic E-state index is 12.4. The third-order valence-corrected chi connectivity index (χ3v) is 3.32.